The summed E-state index contributed by atoms with van der Waals surface area (Å²) in [4.78, 5) is 35.2. The number of nitrogens with one attached hydrogen (secondary N) is 3. The molecule has 11 heteroatoms. The van der Waals surface area contributed by atoms with Crippen molar-refractivity contribution >= 4 is 57.3 Å². The summed E-state index contributed by atoms with van der Waals surface area (Å²) in [6.45, 7) is 0. The fourth-order valence-corrected chi connectivity index (χ4v) is 3.63. The zero-order chi connectivity index (χ0) is 18.5. The number of hydrogen-bond donors (Lipinski definition) is 3. The van der Waals surface area contributed by atoms with E-state index in [2.05, 4.69) is 26.2 Å². The van der Waals surface area contributed by atoms with Crippen molar-refractivity contribution in [3.05, 3.63) is 24.3 Å². The molecule has 0 aromatic heterocycles. The fraction of sp³-hybridized carbons (Fsp3) is 0.267. The molecule has 0 aliphatic carbocycles. The van der Waals surface area contributed by atoms with E-state index in [9.17, 15) is 14.4 Å². The molecule has 26 heavy (non-hydrogen) atoms. The third kappa shape index (κ3) is 4.76. The zero-order valence-electron chi connectivity index (χ0n) is 13.6. The molecule has 1 aromatic rings. The summed E-state index contributed by atoms with van der Waals surface area (Å²) in [5.41, 5.74) is 0.619. The Kier molecular flexibility index (Phi) is 5.78. The fourth-order valence-electron chi connectivity index (χ4n) is 2.12. The average molecular weight is 393 g/mol. The monoisotopic (exact) mass is 393 g/mol. The van der Waals surface area contributed by atoms with Gasteiger partial charge in [-0.1, -0.05) is 23.5 Å². The van der Waals surface area contributed by atoms with Crippen LogP contribution in [0.1, 0.15) is 6.42 Å². The highest BCUT2D eigenvalue weighted by Crippen LogP contribution is 2.23. The van der Waals surface area contributed by atoms with Gasteiger partial charge < -0.3 is 20.7 Å². The number of methoxy groups -OCH3 is 1. The molecule has 9 nitrogen and oxygen atoms in total. The second kappa shape index (κ2) is 8.23. The number of amidine groups is 2. The molecule has 3 N–H and O–H groups in total. The number of anilines is 1. The van der Waals surface area contributed by atoms with Gasteiger partial charge in [-0.3, -0.25) is 14.4 Å². The molecule has 3 amide bonds. The van der Waals surface area contributed by atoms with Crippen LogP contribution >= 0.6 is 23.5 Å². The molecule has 0 saturated carbocycles. The van der Waals surface area contributed by atoms with Gasteiger partial charge in [-0.2, -0.15) is 0 Å². The largest absolute Gasteiger partial charge is 0.497 e. The lowest BCUT2D eigenvalue weighted by atomic mass is 10.2. The molecule has 2 aliphatic rings. The highest BCUT2D eigenvalue weighted by Gasteiger charge is 2.32. The maximum atomic E-state index is 12.1. The van der Waals surface area contributed by atoms with E-state index in [1.54, 1.807) is 31.4 Å². The molecule has 2 fully saturated rings. The van der Waals surface area contributed by atoms with E-state index in [1.165, 1.54) is 0 Å². The third-order valence-corrected chi connectivity index (χ3v) is 5.22. The molecule has 1 aromatic carbocycles. The predicted octanol–water partition coefficient (Wildman–Crippen LogP) is 1.38. The first-order valence-corrected chi connectivity index (χ1v) is 9.40. The SMILES string of the molecule is COc1ccc(NC(=O)CC2S/C(=N/N=C3\CSC(=O)N3)NC2=O)cc1. The highest BCUT2D eigenvalue weighted by atomic mass is 32.2. The summed E-state index contributed by atoms with van der Waals surface area (Å²) in [6, 6.07) is 6.90. The quantitative estimate of drug-likeness (QED) is 0.650. The number of nitrogens with zero attached hydrogens (tertiary/aromatic N) is 2. The maximum absolute atomic E-state index is 12.1. The number of benzene rings is 1. The van der Waals surface area contributed by atoms with E-state index in [4.69, 9.17) is 4.74 Å². The number of hydrogen-bond acceptors (Lipinski definition) is 8. The predicted molar refractivity (Wildman–Crippen MR) is 102 cm³/mol. The Morgan fingerprint density at radius 1 is 1.27 bits per heavy atom. The summed E-state index contributed by atoms with van der Waals surface area (Å²) in [5, 5.41) is 15.2. The van der Waals surface area contributed by atoms with E-state index in [1.807, 2.05) is 0 Å². The summed E-state index contributed by atoms with van der Waals surface area (Å²) < 4.78 is 5.06. The standard InChI is InChI=1S/C15H15N5O4S2/c1-24-9-4-2-8(3-5-9)16-12(21)6-10-13(22)18-14(26-10)20-19-11-7-25-15(23)17-11/h2-5,10H,6-7H2,1H3,(H,16,21)(H,17,19,23)(H,18,20,22). The van der Waals surface area contributed by atoms with Gasteiger partial charge in [0.15, 0.2) is 5.17 Å². The first kappa shape index (κ1) is 18.3. The molecule has 2 aliphatic heterocycles. The number of ether oxygens (including phenoxy) is 1. The summed E-state index contributed by atoms with van der Waals surface area (Å²) in [5.74, 6) is 0.955. The molecule has 2 saturated heterocycles. The smallest absolute Gasteiger partial charge is 0.284 e. The number of carbonyl (C=O) groups is 3. The van der Waals surface area contributed by atoms with Crippen molar-refractivity contribution in [2.75, 3.05) is 18.2 Å². The molecule has 136 valence electrons. The van der Waals surface area contributed by atoms with E-state index >= 15 is 0 Å². The molecular formula is C15H15N5O4S2. The van der Waals surface area contributed by atoms with Crippen LogP contribution in [0.4, 0.5) is 10.5 Å². The van der Waals surface area contributed by atoms with E-state index in [-0.39, 0.29) is 23.5 Å². The third-order valence-electron chi connectivity index (χ3n) is 3.37. The van der Waals surface area contributed by atoms with Crippen LogP contribution in [-0.2, 0) is 9.59 Å². The molecule has 1 atom stereocenters. The van der Waals surface area contributed by atoms with Crippen LogP contribution in [0, 0.1) is 0 Å². The molecular weight excluding hydrogens is 378 g/mol. The van der Waals surface area contributed by atoms with Crippen molar-refractivity contribution in [1.29, 1.82) is 0 Å². The van der Waals surface area contributed by atoms with Gasteiger partial charge in [0.2, 0.25) is 11.8 Å². The van der Waals surface area contributed by atoms with Crippen molar-refractivity contribution in [3.8, 4) is 5.75 Å². The van der Waals surface area contributed by atoms with Gasteiger partial charge in [0.1, 0.15) is 16.8 Å². The minimum absolute atomic E-state index is 0.00467. The lowest BCUT2D eigenvalue weighted by Gasteiger charge is -2.08. The second-order valence-electron chi connectivity index (χ2n) is 5.23. The second-order valence-corrected chi connectivity index (χ2v) is 7.37. The van der Waals surface area contributed by atoms with Crippen LogP contribution in [-0.4, -0.2) is 46.2 Å². The lowest BCUT2D eigenvalue weighted by Crippen LogP contribution is -2.28. The Hall–Kier alpha value is -2.53. The number of rotatable bonds is 5. The van der Waals surface area contributed by atoms with Gasteiger partial charge in [-0.25, -0.2) is 0 Å². The van der Waals surface area contributed by atoms with E-state index in [0.29, 0.717) is 28.2 Å². The molecule has 1 unspecified atom stereocenters. The molecule has 0 radical (unpaired) electrons. The molecule has 2 heterocycles. The van der Waals surface area contributed by atoms with Gasteiger partial charge in [0, 0.05) is 12.1 Å². The van der Waals surface area contributed by atoms with E-state index < -0.39 is 5.25 Å². The average Bonchev–Trinajstić information content (AvgIpc) is 3.19. The first-order chi connectivity index (χ1) is 12.5. The van der Waals surface area contributed by atoms with Crippen molar-refractivity contribution in [1.82, 2.24) is 10.6 Å². The van der Waals surface area contributed by atoms with Crippen molar-refractivity contribution in [3.63, 3.8) is 0 Å². The van der Waals surface area contributed by atoms with Gasteiger partial charge >= 0.3 is 0 Å². The Balaban J connectivity index is 1.53. The normalized spacial score (nSPS) is 22.4. The van der Waals surface area contributed by atoms with Gasteiger partial charge in [-0.15, -0.1) is 10.2 Å². The van der Waals surface area contributed by atoms with Crippen LogP contribution in [0.5, 0.6) is 5.75 Å². The van der Waals surface area contributed by atoms with E-state index in [0.717, 1.165) is 23.5 Å². The van der Waals surface area contributed by atoms with Gasteiger partial charge in [0.25, 0.3) is 5.24 Å². The van der Waals surface area contributed by atoms with Crippen LogP contribution in [0.15, 0.2) is 34.5 Å². The molecule has 0 bridgehead atoms. The van der Waals surface area contributed by atoms with Crippen LogP contribution in [0.2, 0.25) is 0 Å². The zero-order valence-corrected chi connectivity index (χ0v) is 15.3. The van der Waals surface area contributed by atoms with Crippen molar-refractivity contribution in [2.24, 2.45) is 10.2 Å². The molecule has 0 spiro atoms. The highest BCUT2D eigenvalue weighted by molar-refractivity contribution is 8.15. The van der Waals surface area contributed by atoms with Gasteiger partial charge in [0.05, 0.1) is 12.9 Å². The molecule has 3 rings (SSSR count). The van der Waals surface area contributed by atoms with Gasteiger partial charge in [-0.05, 0) is 24.3 Å². The summed E-state index contributed by atoms with van der Waals surface area (Å²) >= 11 is 2.23. The Morgan fingerprint density at radius 2 is 2.04 bits per heavy atom. The number of amides is 3. The topological polar surface area (TPSA) is 121 Å². The van der Waals surface area contributed by atoms with Crippen LogP contribution in [0.25, 0.3) is 0 Å². The van der Waals surface area contributed by atoms with Crippen LogP contribution in [0.3, 0.4) is 0 Å². The van der Waals surface area contributed by atoms with Crippen molar-refractivity contribution < 1.29 is 19.1 Å². The summed E-state index contributed by atoms with van der Waals surface area (Å²) in [7, 11) is 1.56. The van der Waals surface area contributed by atoms with Crippen LogP contribution < -0.4 is 20.7 Å². The number of carbonyl (C=O) groups excluding carboxylic acids is 3. The Bertz CT molecular complexity index is 794. The minimum atomic E-state index is -0.584. The van der Waals surface area contributed by atoms with Crippen molar-refractivity contribution in [2.45, 2.75) is 11.7 Å². The Labute approximate surface area is 157 Å². The Morgan fingerprint density at radius 3 is 2.69 bits per heavy atom. The summed E-state index contributed by atoms with van der Waals surface area (Å²) in [6.07, 6.45) is 0.00467. The first-order valence-electron chi connectivity index (χ1n) is 7.53. The lowest BCUT2D eigenvalue weighted by molar-refractivity contribution is -0.122. The minimum Gasteiger partial charge on any atom is -0.497 e. The number of thioether (sulfide) groups is 2. The maximum Gasteiger partial charge on any atom is 0.284 e.